The molecule has 2 aromatic rings. The van der Waals surface area contributed by atoms with Gasteiger partial charge in [0, 0.05) is 31.6 Å². The minimum atomic E-state index is -4.02. The molecule has 0 unspecified atom stereocenters. The lowest BCUT2D eigenvalue weighted by Gasteiger charge is -2.29. The molecule has 2 saturated heterocycles. The Morgan fingerprint density at radius 3 is 2.47 bits per heavy atom. The zero-order valence-electron chi connectivity index (χ0n) is 29.2. The van der Waals surface area contributed by atoms with Gasteiger partial charge in [-0.3, -0.25) is 23.9 Å². The fraction of sp³-hybridized carbons (Fsp3) is 0.667. The number of alkyl halides is 2. The third kappa shape index (κ3) is 8.83. The van der Waals surface area contributed by atoms with E-state index in [1.54, 1.807) is 39.0 Å². The molecule has 4 aliphatic rings. The average Bonchev–Trinajstić information content (AvgIpc) is 3.96. The number of ether oxygens (including phenoxy) is 2. The number of nitrogens with one attached hydrogen (secondary N) is 1. The highest BCUT2D eigenvalue weighted by Crippen LogP contribution is 2.60. The van der Waals surface area contributed by atoms with E-state index in [2.05, 4.69) is 14.7 Å². The number of benzene rings is 1. The summed E-state index contributed by atoms with van der Waals surface area (Å²) in [4.78, 5) is 65.6. The van der Waals surface area contributed by atoms with Crippen molar-refractivity contribution in [1.82, 2.24) is 19.6 Å². The Morgan fingerprint density at radius 1 is 1.04 bits per heavy atom. The molecule has 5 atom stereocenters. The van der Waals surface area contributed by atoms with E-state index < -0.39 is 99.0 Å². The Balaban J connectivity index is 1.30. The van der Waals surface area contributed by atoms with Crippen LogP contribution in [0.25, 0.3) is 11.0 Å². The number of aromatic nitrogens is 2. The molecule has 0 spiro atoms. The van der Waals surface area contributed by atoms with Crippen LogP contribution in [0.1, 0.15) is 97.8 Å². The number of amides is 2. The SMILES string of the molecule is CC(C)(C)OC(=O)C[C@H]1CCCCCC(F)(F)C[C@@H]2C[C@@]2(C(=O)NS(=O)(=O)C2CC2)CC(=O)[C@@H]2C[C@@H](Oc3cnc4ccccc4n3)CN2C1=O. The van der Waals surface area contributed by atoms with Crippen LogP contribution < -0.4 is 9.46 Å². The second kappa shape index (κ2) is 14.0. The molecule has 15 heteroatoms. The van der Waals surface area contributed by atoms with Gasteiger partial charge in [-0.25, -0.2) is 27.2 Å². The highest BCUT2D eigenvalue weighted by atomic mass is 32.2. The van der Waals surface area contributed by atoms with Gasteiger partial charge < -0.3 is 14.4 Å². The number of hydrogen-bond acceptors (Lipinski definition) is 10. The van der Waals surface area contributed by atoms with Gasteiger partial charge in [0.05, 0.1) is 46.9 Å². The van der Waals surface area contributed by atoms with Gasteiger partial charge in [0.1, 0.15) is 11.7 Å². The number of carbonyl (C=O) groups excluding carboxylic acids is 4. The molecule has 2 aliphatic heterocycles. The molecular weight excluding hydrogens is 686 g/mol. The zero-order chi connectivity index (χ0) is 36.8. The van der Waals surface area contributed by atoms with Gasteiger partial charge >= 0.3 is 5.97 Å². The van der Waals surface area contributed by atoms with Crippen LogP contribution in [0.4, 0.5) is 8.78 Å². The lowest BCUT2D eigenvalue weighted by atomic mass is 9.89. The van der Waals surface area contributed by atoms with Crippen molar-refractivity contribution in [3.63, 3.8) is 0 Å². The van der Waals surface area contributed by atoms with Crippen LogP contribution in [-0.2, 0) is 33.9 Å². The molecule has 12 nitrogen and oxygen atoms in total. The van der Waals surface area contributed by atoms with Crippen molar-refractivity contribution < 1.29 is 45.9 Å². The van der Waals surface area contributed by atoms with E-state index in [4.69, 9.17) is 9.47 Å². The maximum atomic E-state index is 15.3. The third-order valence-electron chi connectivity index (χ3n) is 10.3. The summed E-state index contributed by atoms with van der Waals surface area (Å²) in [7, 11) is -4.02. The molecule has 1 aromatic heterocycles. The first-order valence-electron chi connectivity index (χ1n) is 17.8. The largest absolute Gasteiger partial charge is 0.471 e. The molecule has 6 rings (SSSR count). The maximum Gasteiger partial charge on any atom is 0.307 e. The van der Waals surface area contributed by atoms with Crippen LogP contribution in [-0.4, -0.2) is 82.3 Å². The number of fused-ring (bicyclic) bond motifs is 3. The van der Waals surface area contributed by atoms with Gasteiger partial charge in [-0.05, 0) is 70.9 Å². The predicted octanol–water partition coefficient (Wildman–Crippen LogP) is 4.89. The van der Waals surface area contributed by atoms with Crippen molar-refractivity contribution in [2.24, 2.45) is 17.3 Å². The molecule has 0 bridgehead atoms. The number of esters is 1. The van der Waals surface area contributed by atoms with Crippen LogP contribution >= 0.6 is 0 Å². The van der Waals surface area contributed by atoms with E-state index in [0.717, 1.165) is 0 Å². The van der Waals surface area contributed by atoms with Crippen LogP contribution in [0.5, 0.6) is 5.88 Å². The van der Waals surface area contributed by atoms with E-state index >= 15 is 8.78 Å². The normalized spacial score (nSPS) is 28.9. The van der Waals surface area contributed by atoms with Gasteiger partial charge in [-0.15, -0.1) is 0 Å². The molecular formula is C36H46F2N4O8S. The molecule has 3 heterocycles. The number of nitrogens with zero attached hydrogens (tertiary/aromatic N) is 3. The van der Waals surface area contributed by atoms with Gasteiger partial charge in [0.2, 0.25) is 33.6 Å². The van der Waals surface area contributed by atoms with Crippen molar-refractivity contribution >= 4 is 44.6 Å². The molecule has 4 fully saturated rings. The van der Waals surface area contributed by atoms with Crippen LogP contribution in [0.3, 0.4) is 0 Å². The predicted molar refractivity (Wildman–Crippen MR) is 181 cm³/mol. The number of para-hydroxylation sites is 2. The van der Waals surface area contributed by atoms with Crippen molar-refractivity contribution in [3.8, 4) is 5.88 Å². The maximum absolute atomic E-state index is 15.3. The number of carbonyl (C=O) groups is 4. The first-order chi connectivity index (χ1) is 23.9. The van der Waals surface area contributed by atoms with E-state index in [1.165, 1.54) is 11.1 Å². The van der Waals surface area contributed by atoms with E-state index in [-0.39, 0.29) is 44.5 Å². The second-order valence-electron chi connectivity index (χ2n) is 15.7. The number of ketones is 1. The molecule has 2 aliphatic carbocycles. The highest BCUT2D eigenvalue weighted by molar-refractivity contribution is 7.90. The molecule has 0 radical (unpaired) electrons. The second-order valence-corrected chi connectivity index (χ2v) is 17.7. The van der Waals surface area contributed by atoms with Crippen LogP contribution in [0.15, 0.2) is 30.5 Å². The number of rotatable bonds is 7. The molecule has 2 saturated carbocycles. The Hall–Kier alpha value is -3.75. The van der Waals surface area contributed by atoms with Gasteiger partial charge in [-0.1, -0.05) is 25.0 Å². The zero-order valence-corrected chi connectivity index (χ0v) is 30.1. The Morgan fingerprint density at radius 2 is 1.76 bits per heavy atom. The highest BCUT2D eigenvalue weighted by Gasteiger charge is 2.64. The summed E-state index contributed by atoms with van der Waals surface area (Å²) in [5.41, 5.74) is -1.23. The monoisotopic (exact) mass is 732 g/mol. The van der Waals surface area contributed by atoms with E-state index in [1.807, 2.05) is 6.07 Å². The quantitative estimate of drug-likeness (QED) is 0.388. The smallest absolute Gasteiger partial charge is 0.307 e. The topological polar surface area (TPSA) is 162 Å². The Labute approximate surface area is 296 Å². The first-order valence-corrected chi connectivity index (χ1v) is 19.4. The van der Waals surface area contributed by atoms with Gasteiger partial charge in [0.15, 0.2) is 5.78 Å². The van der Waals surface area contributed by atoms with Gasteiger partial charge in [-0.2, -0.15) is 0 Å². The molecule has 1 N–H and O–H groups in total. The summed E-state index contributed by atoms with van der Waals surface area (Å²) < 4.78 is 69.9. The fourth-order valence-electron chi connectivity index (χ4n) is 7.49. The van der Waals surface area contributed by atoms with Crippen LogP contribution in [0.2, 0.25) is 0 Å². The number of sulfonamides is 1. The molecule has 2 amide bonds. The Bertz CT molecular complexity index is 1800. The Kier molecular flexibility index (Phi) is 10.2. The molecule has 1 aromatic carbocycles. The van der Waals surface area contributed by atoms with Crippen molar-refractivity contribution in [2.75, 3.05) is 6.54 Å². The van der Waals surface area contributed by atoms with E-state index in [9.17, 15) is 27.6 Å². The number of Topliss-reactive ketones (excluding diaryl/α,β-unsaturated/α-hetero) is 1. The average molecular weight is 733 g/mol. The third-order valence-corrected chi connectivity index (χ3v) is 12.1. The van der Waals surface area contributed by atoms with Crippen LogP contribution in [0, 0.1) is 17.3 Å². The molecule has 51 heavy (non-hydrogen) atoms. The fourth-order valence-corrected chi connectivity index (χ4v) is 8.87. The van der Waals surface area contributed by atoms with Crippen molar-refractivity contribution in [2.45, 2.75) is 127 Å². The van der Waals surface area contributed by atoms with E-state index in [0.29, 0.717) is 36.7 Å². The van der Waals surface area contributed by atoms with Crippen molar-refractivity contribution in [3.05, 3.63) is 30.5 Å². The summed E-state index contributed by atoms with van der Waals surface area (Å²) in [5, 5.41) is -0.726. The summed E-state index contributed by atoms with van der Waals surface area (Å²) >= 11 is 0. The summed E-state index contributed by atoms with van der Waals surface area (Å²) in [6, 6.07) is 6.08. The summed E-state index contributed by atoms with van der Waals surface area (Å²) in [5.74, 6) is -7.36. The molecule has 278 valence electrons. The first kappa shape index (κ1) is 37.0. The number of hydrogen-bond donors (Lipinski definition) is 1. The number of halogens is 2. The van der Waals surface area contributed by atoms with Crippen molar-refractivity contribution in [1.29, 1.82) is 0 Å². The minimum absolute atomic E-state index is 0.0110. The standard InChI is InChI=1S/C36H46F2N4O8S/c1-34(2,3)50-31(44)15-22-9-5-4-8-14-36(37,38)18-23-17-35(23,33(46)41-51(47,48)25-12-13-25)19-29(43)28-16-24(21-42(28)32(22)45)49-30-20-39-26-10-6-7-11-27(26)40-30/h6-7,10-11,20,22-25,28H,4-5,8-9,12-19,21H2,1-3H3,(H,41,46)/t22-,23+,24-,28+,35-/m1/s1. The minimum Gasteiger partial charge on any atom is -0.471 e. The van der Waals surface area contributed by atoms with Gasteiger partial charge in [0.25, 0.3) is 0 Å². The lowest BCUT2D eigenvalue weighted by Crippen LogP contribution is -2.46. The lowest BCUT2D eigenvalue weighted by molar-refractivity contribution is -0.159. The summed E-state index contributed by atoms with van der Waals surface area (Å²) in [6.45, 7) is 5.10. The summed E-state index contributed by atoms with van der Waals surface area (Å²) in [6.07, 6.45) is 0.683.